The van der Waals surface area contributed by atoms with Gasteiger partial charge in [-0.1, -0.05) is 19.1 Å². The van der Waals surface area contributed by atoms with Crippen LogP contribution in [0.2, 0.25) is 0 Å². The molecular formula is C16H29N5O4. The summed E-state index contributed by atoms with van der Waals surface area (Å²) in [6.07, 6.45) is -0.339. The molecule has 9 nitrogen and oxygen atoms in total. The van der Waals surface area contributed by atoms with Gasteiger partial charge in [-0.25, -0.2) is 0 Å². The average molecular weight is 355 g/mol. The zero-order chi connectivity index (χ0) is 19.0. The second-order valence-electron chi connectivity index (χ2n) is 6.18. The minimum atomic E-state index is -0.758. The van der Waals surface area contributed by atoms with Gasteiger partial charge in [0.15, 0.2) is 0 Å². The van der Waals surface area contributed by atoms with Crippen molar-refractivity contribution in [2.75, 3.05) is 26.7 Å². The third-order valence-corrected chi connectivity index (χ3v) is 3.80. The molecule has 142 valence electrons. The summed E-state index contributed by atoms with van der Waals surface area (Å²) in [5.41, 5.74) is 11.4. The average Bonchev–Trinajstić information content (AvgIpc) is 3.24. The molecule has 0 spiro atoms. The Balaban J connectivity index is 2.64. The summed E-state index contributed by atoms with van der Waals surface area (Å²) in [6, 6.07) is -0.758. The molecule has 0 bridgehead atoms. The number of primary amides is 1. The van der Waals surface area contributed by atoms with Crippen LogP contribution >= 0.6 is 0 Å². The summed E-state index contributed by atoms with van der Waals surface area (Å²) < 4.78 is 5.12. The van der Waals surface area contributed by atoms with Crippen LogP contribution in [0.4, 0.5) is 0 Å². The number of rotatable bonds is 12. The van der Waals surface area contributed by atoms with Crippen LogP contribution in [0.5, 0.6) is 0 Å². The van der Waals surface area contributed by atoms with Crippen molar-refractivity contribution in [3.8, 4) is 0 Å². The monoisotopic (exact) mass is 355 g/mol. The number of ether oxygens (including phenoxy) is 1. The highest BCUT2D eigenvalue weighted by atomic mass is 16.6. The van der Waals surface area contributed by atoms with Gasteiger partial charge in [-0.15, -0.1) is 0 Å². The Bertz CT molecular complexity index is 511. The first-order valence-electron chi connectivity index (χ1n) is 8.35. The van der Waals surface area contributed by atoms with E-state index in [-0.39, 0.29) is 31.1 Å². The van der Waals surface area contributed by atoms with Gasteiger partial charge < -0.3 is 31.7 Å². The highest BCUT2D eigenvalue weighted by molar-refractivity contribution is 5.89. The molecular weight excluding hydrogens is 326 g/mol. The van der Waals surface area contributed by atoms with Crippen molar-refractivity contribution >= 4 is 17.7 Å². The predicted molar refractivity (Wildman–Crippen MR) is 93.1 cm³/mol. The predicted octanol–water partition coefficient (Wildman–Crippen LogP) is -1.57. The fourth-order valence-corrected chi connectivity index (χ4v) is 2.30. The fourth-order valence-electron chi connectivity index (χ4n) is 2.30. The molecule has 6 N–H and O–H groups in total. The van der Waals surface area contributed by atoms with Gasteiger partial charge in [0.25, 0.3) is 0 Å². The second-order valence-corrected chi connectivity index (χ2v) is 6.18. The molecule has 3 amide bonds. The van der Waals surface area contributed by atoms with Crippen LogP contribution in [-0.4, -0.2) is 67.7 Å². The number of amides is 3. The van der Waals surface area contributed by atoms with E-state index in [2.05, 4.69) is 17.2 Å². The molecule has 0 aromatic rings. The topological polar surface area (TPSA) is 143 Å². The number of epoxide rings is 1. The number of carbonyl (C=O) groups excluding carboxylic acids is 3. The van der Waals surface area contributed by atoms with Gasteiger partial charge in [0, 0.05) is 26.4 Å². The summed E-state index contributed by atoms with van der Waals surface area (Å²) in [6.45, 7) is 7.59. The maximum Gasteiger partial charge on any atom is 0.245 e. The number of hydrogen-bond acceptors (Lipinski definition) is 6. The Hall–Kier alpha value is -1.97. The SMILES string of the molecule is C=C(CNCC)C[C@H](NC(=O)CCC(N)=O)C(=O)N(C)CC1O[C@@H]1N. The van der Waals surface area contributed by atoms with Crippen molar-refractivity contribution in [1.82, 2.24) is 15.5 Å². The molecule has 1 aliphatic rings. The molecule has 1 saturated heterocycles. The summed E-state index contributed by atoms with van der Waals surface area (Å²) >= 11 is 0. The van der Waals surface area contributed by atoms with Gasteiger partial charge in [-0.05, 0) is 13.0 Å². The third-order valence-electron chi connectivity index (χ3n) is 3.80. The van der Waals surface area contributed by atoms with Crippen molar-refractivity contribution in [2.24, 2.45) is 11.5 Å². The maximum atomic E-state index is 12.7. The summed E-state index contributed by atoms with van der Waals surface area (Å²) in [7, 11) is 1.63. The molecule has 0 aromatic heterocycles. The highest BCUT2D eigenvalue weighted by Crippen LogP contribution is 2.17. The molecule has 0 aliphatic carbocycles. The lowest BCUT2D eigenvalue weighted by atomic mass is 10.1. The molecule has 3 atom stereocenters. The summed E-state index contributed by atoms with van der Waals surface area (Å²) in [5, 5.41) is 5.79. The Morgan fingerprint density at radius 3 is 2.48 bits per heavy atom. The lowest BCUT2D eigenvalue weighted by Gasteiger charge is -2.25. The fraction of sp³-hybridized carbons (Fsp3) is 0.688. The molecule has 9 heteroatoms. The number of nitrogens with two attached hydrogens (primary N) is 2. The number of hydrogen-bond donors (Lipinski definition) is 4. The smallest absolute Gasteiger partial charge is 0.245 e. The van der Waals surface area contributed by atoms with Crippen LogP contribution < -0.4 is 22.1 Å². The zero-order valence-corrected chi connectivity index (χ0v) is 14.9. The van der Waals surface area contributed by atoms with E-state index in [1.165, 1.54) is 4.90 Å². The van der Waals surface area contributed by atoms with Gasteiger partial charge in [0.2, 0.25) is 17.7 Å². The number of nitrogens with one attached hydrogen (secondary N) is 2. The van der Waals surface area contributed by atoms with Gasteiger partial charge in [0.1, 0.15) is 18.4 Å². The lowest BCUT2D eigenvalue weighted by molar-refractivity contribution is -0.135. The lowest BCUT2D eigenvalue weighted by Crippen LogP contribution is -2.49. The molecule has 1 unspecified atom stereocenters. The van der Waals surface area contributed by atoms with Crippen molar-refractivity contribution in [3.05, 3.63) is 12.2 Å². The Labute approximate surface area is 148 Å². The molecule has 0 saturated carbocycles. The first-order valence-corrected chi connectivity index (χ1v) is 8.35. The maximum absolute atomic E-state index is 12.7. The van der Waals surface area contributed by atoms with Crippen molar-refractivity contribution in [2.45, 2.75) is 44.6 Å². The first kappa shape index (κ1) is 21.1. The van der Waals surface area contributed by atoms with Crippen LogP contribution in [-0.2, 0) is 19.1 Å². The molecule has 1 rings (SSSR count). The van der Waals surface area contributed by atoms with E-state index in [1.807, 2.05) is 6.92 Å². The number of nitrogens with zero attached hydrogens (tertiary/aromatic N) is 1. The minimum absolute atomic E-state index is 0.0564. The summed E-state index contributed by atoms with van der Waals surface area (Å²) in [4.78, 5) is 36.9. The van der Waals surface area contributed by atoms with E-state index in [9.17, 15) is 14.4 Å². The molecule has 1 fully saturated rings. The van der Waals surface area contributed by atoms with Crippen LogP contribution in [0.15, 0.2) is 12.2 Å². The normalized spacial score (nSPS) is 19.8. The van der Waals surface area contributed by atoms with E-state index in [0.717, 1.165) is 12.1 Å². The van der Waals surface area contributed by atoms with Crippen LogP contribution in [0.3, 0.4) is 0 Å². The highest BCUT2D eigenvalue weighted by Gasteiger charge is 2.38. The Kier molecular flexibility index (Phi) is 8.53. The first-order chi connectivity index (χ1) is 11.7. The van der Waals surface area contributed by atoms with E-state index in [1.54, 1.807) is 7.05 Å². The van der Waals surface area contributed by atoms with Crippen molar-refractivity contribution < 1.29 is 19.1 Å². The second kappa shape index (κ2) is 10.1. The van der Waals surface area contributed by atoms with Gasteiger partial charge in [0.05, 0.1) is 6.54 Å². The van der Waals surface area contributed by atoms with E-state index >= 15 is 0 Å². The van der Waals surface area contributed by atoms with Gasteiger partial charge in [-0.3, -0.25) is 14.4 Å². The minimum Gasteiger partial charge on any atom is -0.370 e. The van der Waals surface area contributed by atoms with E-state index < -0.39 is 17.9 Å². The third kappa shape index (κ3) is 8.10. The Morgan fingerprint density at radius 1 is 1.32 bits per heavy atom. The molecule has 1 heterocycles. The number of likely N-dealkylation sites (N-methyl/N-ethyl adjacent to an activating group) is 2. The van der Waals surface area contributed by atoms with Crippen LogP contribution in [0, 0.1) is 0 Å². The van der Waals surface area contributed by atoms with Gasteiger partial charge in [-0.2, -0.15) is 0 Å². The molecule has 0 radical (unpaired) electrons. The van der Waals surface area contributed by atoms with Crippen molar-refractivity contribution in [1.29, 1.82) is 0 Å². The quantitative estimate of drug-likeness (QED) is 0.246. The van der Waals surface area contributed by atoms with Crippen molar-refractivity contribution in [3.63, 3.8) is 0 Å². The number of carbonyl (C=O) groups is 3. The largest absolute Gasteiger partial charge is 0.370 e. The summed E-state index contributed by atoms with van der Waals surface area (Å²) in [5.74, 6) is -1.22. The van der Waals surface area contributed by atoms with E-state index in [0.29, 0.717) is 19.5 Å². The zero-order valence-electron chi connectivity index (χ0n) is 14.9. The standard InChI is InChI=1S/C16H29N5O4/c1-4-19-8-10(2)7-11(20-14(23)6-5-13(17)22)16(24)21(3)9-12-15(18)25-12/h11-12,15,19H,2,4-9,18H2,1,3H3,(H2,17,22)(H,20,23)/t11-,12?,15-/m0/s1. The Morgan fingerprint density at radius 2 is 1.96 bits per heavy atom. The van der Waals surface area contributed by atoms with Crippen LogP contribution in [0.1, 0.15) is 26.2 Å². The van der Waals surface area contributed by atoms with Crippen LogP contribution in [0.25, 0.3) is 0 Å². The molecule has 25 heavy (non-hydrogen) atoms. The molecule has 0 aromatic carbocycles. The van der Waals surface area contributed by atoms with Gasteiger partial charge >= 0.3 is 0 Å². The molecule has 1 aliphatic heterocycles. The van der Waals surface area contributed by atoms with E-state index in [4.69, 9.17) is 16.2 Å².